The maximum atomic E-state index is 12.8. The Hall–Kier alpha value is -3.73. The summed E-state index contributed by atoms with van der Waals surface area (Å²) in [5.74, 6) is 1.31. The van der Waals surface area contributed by atoms with Crippen LogP contribution in [0.5, 0.6) is 5.75 Å². The molecule has 8 nitrogen and oxygen atoms in total. The number of benzene rings is 2. The van der Waals surface area contributed by atoms with Crippen molar-refractivity contribution in [3.05, 3.63) is 83.5 Å². The lowest BCUT2D eigenvalue weighted by molar-refractivity contribution is -0.113. The number of anilines is 1. The average Bonchev–Trinajstić information content (AvgIpc) is 3.56. The molecule has 0 radical (unpaired) electrons. The number of ether oxygens (including phenoxy) is 1. The van der Waals surface area contributed by atoms with Crippen LogP contribution >= 0.6 is 34.7 Å². The highest BCUT2D eigenvalue weighted by Crippen LogP contribution is 2.31. The van der Waals surface area contributed by atoms with Crippen molar-refractivity contribution in [1.29, 1.82) is 0 Å². The second kappa shape index (κ2) is 11.5. The number of thiazole rings is 1. The molecule has 0 atom stereocenters. The van der Waals surface area contributed by atoms with Crippen molar-refractivity contribution in [2.24, 2.45) is 0 Å². The third-order valence-corrected chi connectivity index (χ3v) is 7.20. The first-order valence-corrected chi connectivity index (χ1v) is 13.6. The first-order chi connectivity index (χ1) is 18.1. The average molecular weight is 549 g/mol. The van der Waals surface area contributed by atoms with Crippen LogP contribution in [0.4, 0.5) is 5.13 Å². The highest BCUT2D eigenvalue weighted by atomic mass is 35.5. The zero-order valence-corrected chi connectivity index (χ0v) is 22.1. The molecule has 0 aliphatic carbocycles. The van der Waals surface area contributed by atoms with Gasteiger partial charge in [-0.25, -0.2) is 4.98 Å². The number of hydrogen-bond acceptors (Lipinski definition) is 8. The van der Waals surface area contributed by atoms with Crippen LogP contribution in [0.15, 0.2) is 83.6 Å². The smallest absolute Gasteiger partial charge is 0.236 e. The highest BCUT2D eigenvalue weighted by molar-refractivity contribution is 7.99. The summed E-state index contributed by atoms with van der Waals surface area (Å²) in [6.45, 7) is 2.56. The molecule has 5 aromatic rings. The molecule has 37 heavy (non-hydrogen) atoms. The number of hydrogen-bond donors (Lipinski definition) is 1. The van der Waals surface area contributed by atoms with Gasteiger partial charge in [0.05, 0.1) is 28.8 Å². The van der Waals surface area contributed by atoms with E-state index in [0.29, 0.717) is 27.7 Å². The summed E-state index contributed by atoms with van der Waals surface area (Å²) in [6, 6.07) is 18.9. The Balaban J connectivity index is 1.30. The lowest BCUT2D eigenvalue weighted by atomic mass is 10.2. The molecule has 3 aromatic heterocycles. The minimum atomic E-state index is -0.200. The van der Waals surface area contributed by atoms with Gasteiger partial charge in [-0.1, -0.05) is 35.5 Å². The van der Waals surface area contributed by atoms with E-state index in [1.165, 1.54) is 23.1 Å². The number of amides is 1. The van der Waals surface area contributed by atoms with Crippen molar-refractivity contribution in [3.63, 3.8) is 0 Å². The van der Waals surface area contributed by atoms with Crippen molar-refractivity contribution in [1.82, 2.24) is 24.7 Å². The van der Waals surface area contributed by atoms with E-state index in [1.54, 1.807) is 18.5 Å². The van der Waals surface area contributed by atoms with Crippen LogP contribution in [0, 0.1) is 0 Å². The summed E-state index contributed by atoms with van der Waals surface area (Å²) in [7, 11) is 0. The molecule has 186 valence electrons. The molecule has 5 rings (SSSR count). The summed E-state index contributed by atoms with van der Waals surface area (Å²) in [6.07, 6.45) is 3.41. The fourth-order valence-corrected chi connectivity index (χ4v) is 5.23. The van der Waals surface area contributed by atoms with Crippen LogP contribution < -0.4 is 10.1 Å². The molecule has 0 fully saturated rings. The van der Waals surface area contributed by atoms with Gasteiger partial charge < -0.3 is 10.1 Å². The molecule has 0 spiro atoms. The maximum Gasteiger partial charge on any atom is 0.236 e. The molecule has 1 amide bonds. The zero-order chi connectivity index (χ0) is 25.6. The van der Waals surface area contributed by atoms with Crippen LogP contribution in [0.2, 0.25) is 5.02 Å². The number of halogens is 1. The van der Waals surface area contributed by atoms with Crippen molar-refractivity contribution >= 4 is 45.7 Å². The van der Waals surface area contributed by atoms with E-state index in [4.69, 9.17) is 16.3 Å². The van der Waals surface area contributed by atoms with Gasteiger partial charge in [0.1, 0.15) is 5.75 Å². The summed E-state index contributed by atoms with van der Waals surface area (Å²) < 4.78 is 7.33. The SMILES string of the molecule is CCOc1ccc(-c2csc(NC(=O)CSc3nnc(-c4cccnc4)n3-c3ccccc3Cl)n2)cc1. The molecule has 0 aliphatic rings. The number of carbonyl (C=O) groups is 1. The molecule has 0 saturated carbocycles. The summed E-state index contributed by atoms with van der Waals surface area (Å²) in [5.41, 5.74) is 3.24. The predicted molar refractivity (Wildman–Crippen MR) is 148 cm³/mol. The molecule has 3 heterocycles. The van der Waals surface area contributed by atoms with E-state index in [2.05, 4.69) is 25.5 Å². The van der Waals surface area contributed by atoms with Gasteiger partial charge in [-0.05, 0) is 55.5 Å². The van der Waals surface area contributed by atoms with Gasteiger partial charge in [-0.3, -0.25) is 14.3 Å². The predicted octanol–water partition coefficient (Wildman–Crippen LogP) is 6.24. The number of rotatable bonds is 9. The van der Waals surface area contributed by atoms with Crippen LogP contribution in [-0.4, -0.2) is 43.0 Å². The van der Waals surface area contributed by atoms with Gasteiger partial charge >= 0.3 is 0 Å². The minimum Gasteiger partial charge on any atom is -0.494 e. The van der Waals surface area contributed by atoms with E-state index in [0.717, 1.165) is 28.3 Å². The third-order valence-electron chi connectivity index (χ3n) is 5.19. The Kier molecular flexibility index (Phi) is 7.79. The number of carbonyl (C=O) groups excluding carboxylic acids is 1. The second-order valence-corrected chi connectivity index (χ2v) is 9.87. The topological polar surface area (TPSA) is 94.8 Å². The first-order valence-electron chi connectivity index (χ1n) is 11.3. The monoisotopic (exact) mass is 548 g/mol. The van der Waals surface area contributed by atoms with E-state index in [9.17, 15) is 4.79 Å². The number of nitrogens with one attached hydrogen (secondary N) is 1. The van der Waals surface area contributed by atoms with Crippen LogP contribution in [0.3, 0.4) is 0 Å². The zero-order valence-electron chi connectivity index (χ0n) is 19.7. The lowest BCUT2D eigenvalue weighted by Gasteiger charge is -2.11. The van der Waals surface area contributed by atoms with Crippen molar-refractivity contribution in [3.8, 4) is 34.1 Å². The summed E-state index contributed by atoms with van der Waals surface area (Å²) >= 11 is 9.13. The lowest BCUT2D eigenvalue weighted by Crippen LogP contribution is -2.14. The number of aromatic nitrogens is 5. The van der Waals surface area contributed by atoms with Gasteiger partial charge in [0.25, 0.3) is 0 Å². The molecule has 0 aliphatic heterocycles. The summed E-state index contributed by atoms with van der Waals surface area (Å²) in [4.78, 5) is 21.5. The molecule has 0 saturated heterocycles. The molecule has 1 N–H and O–H groups in total. The largest absolute Gasteiger partial charge is 0.494 e. The molecular formula is C26H21ClN6O2S2. The molecule has 0 unspecified atom stereocenters. The molecule has 11 heteroatoms. The highest BCUT2D eigenvalue weighted by Gasteiger charge is 2.19. The van der Waals surface area contributed by atoms with E-state index >= 15 is 0 Å². The van der Waals surface area contributed by atoms with Crippen LogP contribution in [-0.2, 0) is 4.79 Å². The fraction of sp³-hybridized carbons (Fsp3) is 0.115. The number of nitrogens with zero attached hydrogens (tertiary/aromatic N) is 5. The van der Waals surface area contributed by atoms with E-state index in [1.807, 2.05) is 71.5 Å². The fourth-order valence-electron chi connectivity index (χ4n) is 3.53. The van der Waals surface area contributed by atoms with Crippen molar-refractivity contribution in [2.75, 3.05) is 17.7 Å². The quantitative estimate of drug-likeness (QED) is 0.218. The Morgan fingerprint density at radius 2 is 1.92 bits per heavy atom. The van der Waals surface area contributed by atoms with Crippen molar-refractivity contribution < 1.29 is 9.53 Å². The van der Waals surface area contributed by atoms with Gasteiger partial charge in [0, 0.05) is 28.9 Å². The Morgan fingerprint density at radius 3 is 2.68 bits per heavy atom. The Bertz CT molecular complexity index is 1510. The number of thioether (sulfide) groups is 1. The van der Waals surface area contributed by atoms with Gasteiger partial charge in [0.2, 0.25) is 5.91 Å². The number of para-hydroxylation sites is 1. The Labute approximate surface area is 226 Å². The molecule has 2 aromatic carbocycles. The first kappa shape index (κ1) is 24.9. The van der Waals surface area contributed by atoms with Crippen LogP contribution in [0.25, 0.3) is 28.3 Å². The van der Waals surface area contributed by atoms with E-state index < -0.39 is 0 Å². The van der Waals surface area contributed by atoms with Gasteiger partial charge in [-0.15, -0.1) is 21.5 Å². The third kappa shape index (κ3) is 5.82. The minimum absolute atomic E-state index is 0.119. The summed E-state index contributed by atoms with van der Waals surface area (Å²) in [5, 5.41) is 15.1. The molecule has 0 bridgehead atoms. The van der Waals surface area contributed by atoms with Crippen molar-refractivity contribution in [2.45, 2.75) is 12.1 Å². The Morgan fingerprint density at radius 1 is 1.08 bits per heavy atom. The van der Waals surface area contributed by atoms with Crippen LogP contribution in [0.1, 0.15) is 6.92 Å². The number of pyridine rings is 1. The molecular weight excluding hydrogens is 528 g/mol. The van der Waals surface area contributed by atoms with Gasteiger partial charge in [-0.2, -0.15) is 0 Å². The standard InChI is InChI=1S/C26H21ClN6O2S2/c1-2-35-19-11-9-17(10-12-19)21-15-36-25(29-21)30-23(34)16-37-26-32-31-24(18-6-5-13-28-14-18)33(26)22-8-4-3-7-20(22)27/h3-15H,2,16H2,1H3,(H,29,30,34). The van der Waals surface area contributed by atoms with E-state index in [-0.39, 0.29) is 11.7 Å². The second-order valence-electron chi connectivity index (χ2n) is 7.67. The maximum absolute atomic E-state index is 12.8. The van der Waals surface area contributed by atoms with Gasteiger partial charge in [0.15, 0.2) is 16.1 Å². The normalized spacial score (nSPS) is 10.9.